The molecule has 0 fully saturated rings. The summed E-state index contributed by atoms with van der Waals surface area (Å²) in [4.78, 5) is 16.4. The van der Waals surface area contributed by atoms with E-state index in [2.05, 4.69) is 37.5 Å². The van der Waals surface area contributed by atoms with Crippen LogP contribution in [0.4, 0.5) is 31.7 Å². The van der Waals surface area contributed by atoms with E-state index in [1.54, 1.807) is 26.3 Å². The van der Waals surface area contributed by atoms with Crippen LogP contribution in [-0.4, -0.2) is 27.0 Å². The lowest BCUT2D eigenvalue weighted by atomic mass is 10.1. The van der Waals surface area contributed by atoms with Crippen molar-refractivity contribution in [1.82, 2.24) is 19.9 Å². The van der Waals surface area contributed by atoms with Crippen LogP contribution in [0.1, 0.15) is 24.5 Å². The number of benzene rings is 1. The molecule has 9 heteroatoms. The summed E-state index contributed by atoms with van der Waals surface area (Å²) in [6.07, 6.45) is 7.21. The van der Waals surface area contributed by atoms with Gasteiger partial charge in [0.2, 0.25) is 5.95 Å². The van der Waals surface area contributed by atoms with Gasteiger partial charge in [0.25, 0.3) is 0 Å². The van der Waals surface area contributed by atoms with E-state index >= 15 is 0 Å². The van der Waals surface area contributed by atoms with Gasteiger partial charge in [-0.2, -0.15) is 4.39 Å². The predicted molar refractivity (Wildman–Crippen MR) is 128 cm³/mol. The summed E-state index contributed by atoms with van der Waals surface area (Å²) in [7, 11) is 1.56. The first-order chi connectivity index (χ1) is 16.5. The number of halogens is 2. The second-order valence-electron chi connectivity index (χ2n) is 7.67. The number of aryl methyl sites for hydroxylation is 2. The molecule has 4 aromatic rings. The van der Waals surface area contributed by atoms with Gasteiger partial charge in [-0.1, -0.05) is 19.4 Å². The second kappa shape index (κ2) is 10.2. The first-order valence-corrected chi connectivity index (χ1v) is 10.8. The molecular weight excluding hydrogens is 438 g/mol. The SMILES string of the molecule is CCCc1cnc(Nc2cnc(F)c(C)c2)cc1Nc1cccc(-c2ncc(F)cn2)c1OC. The summed E-state index contributed by atoms with van der Waals surface area (Å²) in [6, 6.07) is 9.09. The molecule has 0 saturated carbocycles. The van der Waals surface area contributed by atoms with Crippen LogP contribution in [0.15, 0.2) is 55.1 Å². The number of rotatable bonds is 8. The highest BCUT2D eigenvalue weighted by atomic mass is 19.1. The van der Waals surface area contributed by atoms with Gasteiger partial charge in [0.15, 0.2) is 17.4 Å². The molecule has 7 nitrogen and oxygen atoms in total. The molecule has 34 heavy (non-hydrogen) atoms. The number of hydrogen-bond donors (Lipinski definition) is 2. The monoisotopic (exact) mass is 462 g/mol. The fraction of sp³-hybridized carbons (Fsp3) is 0.200. The standard InChI is InChI=1S/C25H24F2N6O/c1-4-6-16-11-28-22(32-18-9-15(2)24(27)29-14-18)10-21(16)33-20-8-5-7-19(23(20)34-3)25-30-12-17(26)13-31-25/h5,7-14H,4,6H2,1-3H3,(H2,28,32,33). The molecule has 0 atom stereocenters. The maximum atomic E-state index is 13.5. The minimum Gasteiger partial charge on any atom is -0.494 e. The fourth-order valence-corrected chi connectivity index (χ4v) is 3.54. The van der Waals surface area contributed by atoms with Crippen molar-refractivity contribution >= 4 is 22.9 Å². The minimum absolute atomic E-state index is 0.354. The number of nitrogens with zero attached hydrogens (tertiary/aromatic N) is 4. The molecule has 0 aliphatic carbocycles. The molecule has 0 unspecified atom stereocenters. The Hall–Kier alpha value is -4.14. The van der Waals surface area contributed by atoms with Crippen LogP contribution >= 0.6 is 0 Å². The van der Waals surface area contributed by atoms with Gasteiger partial charge < -0.3 is 15.4 Å². The number of para-hydroxylation sites is 1. The second-order valence-corrected chi connectivity index (χ2v) is 7.67. The largest absolute Gasteiger partial charge is 0.494 e. The molecule has 0 aliphatic rings. The summed E-state index contributed by atoms with van der Waals surface area (Å²) in [5, 5.41) is 6.61. The molecule has 0 amide bonds. The summed E-state index contributed by atoms with van der Waals surface area (Å²) in [5.41, 5.74) is 4.25. The zero-order valence-electron chi connectivity index (χ0n) is 19.1. The molecule has 0 aliphatic heterocycles. The van der Waals surface area contributed by atoms with E-state index in [0.717, 1.165) is 36.5 Å². The zero-order valence-corrected chi connectivity index (χ0v) is 19.1. The lowest BCUT2D eigenvalue weighted by Crippen LogP contribution is -2.03. The molecule has 3 aromatic heterocycles. The molecule has 174 valence electrons. The lowest BCUT2D eigenvalue weighted by molar-refractivity contribution is 0.418. The average molecular weight is 463 g/mol. The van der Waals surface area contributed by atoms with Crippen LogP contribution in [-0.2, 0) is 6.42 Å². The molecule has 3 heterocycles. The van der Waals surface area contributed by atoms with E-state index in [-0.39, 0.29) is 0 Å². The topological polar surface area (TPSA) is 84.9 Å². The number of anilines is 4. The van der Waals surface area contributed by atoms with Crippen LogP contribution in [0.2, 0.25) is 0 Å². The van der Waals surface area contributed by atoms with E-state index in [0.29, 0.717) is 39.9 Å². The number of methoxy groups -OCH3 is 1. The first-order valence-electron chi connectivity index (χ1n) is 10.8. The van der Waals surface area contributed by atoms with Crippen LogP contribution in [0.3, 0.4) is 0 Å². The molecule has 0 saturated heterocycles. The maximum absolute atomic E-state index is 13.5. The Labute approximate surface area is 196 Å². The van der Waals surface area contributed by atoms with Crippen molar-refractivity contribution in [1.29, 1.82) is 0 Å². The number of hydrogen-bond acceptors (Lipinski definition) is 7. The Morgan fingerprint density at radius 3 is 2.41 bits per heavy atom. The quantitative estimate of drug-likeness (QED) is 0.312. The number of ether oxygens (including phenoxy) is 1. The Bertz CT molecular complexity index is 1300. The predicted octanol–water partition coefficient (Wildman–Crippen LogP) is 5.97. The average Bonchev–Trinajstić information content (AvgIpc) is 2.83. The van der Waals surface area contributed by atoms with Crippen molar-refractivity contribution in [2.75, 3.05) is 17.7 Å². The van der Waals surface area contributed by atoms with Gasteiger partial charge in [0, 0.05) is 23.5 Å². The number of nitrogens with one attached hydrogen (secondary N) is 2. The van der Waals surface area contributed by atoms with Crippen molar-refractivity contribution in [3.63, 3.8) is 0 Å². The van der Waals surface area contributed by atoms with Crippen molar-refractivity contribution in [3.8, 4) is 17.1 Å². The molecule has 1 aromatic carbocycles. The van der Waals surface area contributed by atoms with E-state index in [4.69, 9.17) is 4.74 Å². The van der Waals surface area contributed by atoms with Gasteiger partial charge in [-0.25, -0.2) is 24.3 Å². The Kier molecular flexibility index (Phi) is 6.91. The van der Waals surface area contributed by atoms with Crippen molar-refractivity contribution in [2.24, 2.45) is 0 Å². The molecule has 0 bridgehead atoms. The first kappa shape index (κ1) is 23.0. The van der Waals surface area contributed by atoms with Crippen LogP contribution in [0.25, 0.3) is 11.4 Å². The summed E-state index contributed by atoms with van der Waals surface area (Å²) in [6.45, 7) is 3.75. The lowest BCUT2D eigenvalue weighted by Gasteiger charge is -2.17. The summed E-state index contributed by atoms with van der Waals surface area (Å²) < 4.78 is 32.5. The third kappa shape index (κ3) is 5.09. The zero-order chi connectivity index (χ0) is 24.1. The van der Waals surface area contributed by atoms with Crippen molar-refractivity contribution in [2.45, 2.75) is 26.7 Å². The minimum atomic E-state index is -0.510. The van der Waals surface area contributed by atoms with Gasteiger partial charge >= 0.3 is 0 Å². The third-order valence-corrected chi connectivity index (χ3v) is 5.14. The maximum Gasteiger partial charge on any atom is 0.215 e. The van der Waals surface area contributed by atoms with Crippen molar-refractivity contribution in [3.05, 3.63) is 78.0 Å². The highest BCUT2D eigenvalue weighted by molar-refractivity contribution is 5.79. The Morgan fingerprint density at radius 1 is 0.912 bits per heavy atom. The van der Waals surface area contributed by atoms with Crippen molar-refractivity contribution < 1.29 is 13.5 Å². The molecular formula is C25H24F2N6O. The van der Waals surface area contributed by atoms with E-state index in [1.165, 1.54) is 6.20 Å². The van der Waals surface area contributed by atoms with Crippen LogP contribution in [0.5, 0.6) is 5.75 Å². The van der Waals surface area contributed by atoms with Crippen LogP contribution in [0, 0.1) is 18.7 Å². The fourth-order valence-electron chi connectivity index (χ4n) is 3.54. The normalized spacial score (nSPS) is 10.7. The van der Waals surface area contributed by atoms with E-state index in [1.807, 2.05) is 24.3 Å². The number of pyridine rings is 2. The Balaban J connectivity index is 1.69. The summed E-state index contributed by atoms with van der Waals surface area (Å²) in [5.74, 6) is 0.446. The molecule has 0 spiro atoms. The highest BCUT2D eigenvalue weighted by Crippen LogP contribution is 2.37. The van der Waals surface area contributed by atoms with Gasteiger partial charge in [0.05, 0.1) is 42.6 Å². The van der Waals surface area contributed by atoms with Gasteiger partial charge in [-0.15, -0.1) is 0 Å². The number of aromatic nitrogens is 4. The van der Waals surface area contributed by atoms with Gasteiger partial charge in [-0.05, 0) is 37.1 Å². The molecule has 2 N–H and O–H groups in total. The molecule has 4 rings (SSSR count). The smallest absolute Gasteiger partial charge is 0.215 e. The summed E-state index contributed by atoms with van der Waals surface area (Å²) >= 11 is 0. The molecule has 0 radical (unpaired) electrons. The van der Waals surface area contributed by atoms with Crippen LogP contribution < -0.4 is 15.4 Å². The highest BCUT2D eigenvalue weighted by Gasteiger charge is 2.15. The third-order valence-electron chi connectivity index (χ3n) is 5.14. The van der Waals surface area contributed by atoms with E-state index < -0.39 is 11.8 Å². The van der Waals surface area contributed by atoms with E-state index in [9.17, 15) is 8.78 Å². The van der Waals surface area contributed by atoms with Gasteiger partial charge in [0.1, 0.15) is 5.82 Å². The van der Waals surface area contributed by atoms with Gasteiger partial charge in [-0.3, -0.25) is 0 Å². The Morgan fingerprint density at radius 2 is 1.71 bits per heavy atom.